The summed E-state index contributed by atoms with van der Waals surface area (Å²) < 4.78 is 1.49. The topological polar surface area (TPSA) is 61.7 Å². The van der Waals surface area contributed by atoms with E-state index in [0.717, 1.165) is 56.8 Å². The monoisotopic (exact) mass is 423 g/mol. The highest BCUT2D eigenvalue weighted by Gasteiger charge is 2.31. The van der Waals surface area contributed by atoms with E-state index in [1.807, 2.05) is 35.2 Å². The lowest BCUT2D eigenvalue weighted by Crippen LogP contribution is -2.53. The van der Waals surface area contributed by atoms with E-state index in [9.17, 15) is 9.59 Å². The van der Waals surface area contributed by atoms with E-state index >= 15 is 0 Å². The first-order valence-electron chi connectivity index (χ1n) is 11.4. The summed E-state index contributed by atoms with van der Waals surface area (Å²) in [6.07, 6.45) is 3.63. The first-order valence-corrected chi connectivity index (χ1v) is 11.4. The Labute approximate surface area is 184 Å². The van der Waals surface area contributed by atoms with Crippen molar-refractivity contribution in [1.29, 1.82) is 0 Å². The molecular formula is C24H33N5O2. The number of hydrogen-bond acceptors (Lipinski definition) is 5. The predicted molar refractivity (Wildman–Crippen MR) is 122 cm³/mol. The molecule has 0 N–H and O–H groups in total. The summed E-state index contributed by atoms with van der Waals surface area (Å²) in [6, 6.07) is 12.0. The Kier molecular flexibility index (Phi) is 6.70. The molecule has 1 aromatic heterocycles. The van der Waals surface area contributed by atoms with E-state index in [0.29, 0.717) is 19.1 Å². The van der Waals surface area contributed by atoms with Crippen molar-refractivity contribution in [2.45, 2.75) is 39.3 Å². The van der Waals surface area contributed by atoms with Crippen molar-refractivity contribution in [3.8, 4) is 0 Å². The molecule has 1 atom stereocenters. The predicted octanol–water partition coefficient (Wildman–Crippen LogP) is 2.06. The fraction of sp³-hybridized carbons (Fsp3) is 0.542. The fourth-order valence-electron chi connectivity index (χ4n) is 4.60. The molecule has 0 saturated carbocycles. The Balaban J connectivity index is 1.39. The summed E-state index contributed by atoms with van der Waals surface area (Å²) in [5.74, 6) is 0.254. The third-order valence-corrected chi connectivity index (χ3v) is 6.52. The van der Waals surface area contributed by atoms with Gasteiger partial charge in [-0.2, -0.15) is 5.10 Å². The minimum absolute atomic E-state index is 0.00824. The van der Waals surface area contributed by atoms with Gasteiger partial charge in [0.2, 0.25) is 5.91 Å². The lowest BCUT2D eigenvalue weighted by molar-refractivity contribution is -0.137. The average molecular weight is 424 g/mol. The van der Waals surface area contributed by atoms with Crippen LogP contribution in [0.2, 0.25) is 0 Å². The molecule has 2 saturated heterocycles. The number of piperazine rings is 1. The summed E-state index contributed by atoms with van der Waals surface area (Å²) >= 11 is 0. The molecule has 7 nitrogen and oxygen atoms in total. The van der Waals surface area contributed by atoms with Crippen LogP contribution in [0.15, 0.2) is 47.4 Å². The second-order valence-electron chi connectivity index (χ2n) is 8.94. The van der Waals surface area contributed by atoms with Crippen LogP contribution in [0.3, 0.4) is 0 Å². The largest absolute Gasteiger partial charge is 0.369 e. The lowest BCUT2D eigenvalue weighted by Gasteiger charge is -2.40. The number of nitrogens with zero attached hydrogens (tertiary/aromatic N) is 5. The zero-order chi connectivity index (χ0) is 21.8. The Morgan fingerprint density at radius 3 is 2.52 bits per heavy atom. The van der Waals surface area contributed by atoms with E-state index in [2.05, 4.69) is 28.7 Å². The number of aromatic nitrogens is 2. The molecule has 0 unspecified atom stereocenters. The zero-order valence-electron chi connectivity index (χ0n) is 18.6. The van der Waals surface area contributed by atoms with Crippen LogP contribution in [0, 0.1) is 5.92 Å². The number of rotatable bonds is 5. The van der Waals surface area contributed by atoms with Gasteiger partial charge in [0, 0.05) is 51.4 Å². The fourth-order valence-corrected chi connectivity index (χ4v) is 4.60. The van der Waals surface area contributed by atoms with E-state index in [1.54, 1.807) is 12.3 Å². The smallest absolute Gasteiger partial charge is 0.269 e. The highest BCUT2D eigenvalue weighted by molar-refractivity contribution is 5.80. The number of benzene rings is 1. The standard InChI is InChI=1S/C24H33N5O2/c1-19(2)26-11-13-27(14-12-26)24(31)21-9-6-10-28(18-21)22-15-23(30)29(25-16-22)17-20-7-4-3-5-8-20/h3-5,7-8,15-16,19,21H,6,9-14,17-18H2,1-2H3/t21-/m1/s1. The molecule has 3 heterocycles. The molecule has 4 rings (SSSR count). The molecule has 2 fully saturated rings. The van der Waals surface area contributed by atoms with E-state index in [4.69, 9.17) is 0 Å². The third-order valence-electron chi connectivity index (χ3n) is 6.52. The maximum absolute atomic E-state index is 13.1. The van der Waals surface area contributed by atoms with Crippen LogP contribution in [-0.4, -0.2) is 70.8 Å². The van der Waals surface area contributed by atoms with Gasteiger partial charge >= 0.3 is 0 Å². The van der Waals surface area contributed by atoms with Crippen molar-refractivity contribution in [2.24, 2.45) is 5.92 Å². The zero-order valence-corrected chi connectivity index (χ0v) is 18.6. The van der Waals surface area contributed by atoms with Crippen LogP contribution in [0.25, 0.3) is 0 Å². The highest BCUT2D eigenvalue weighted by atomic mass is 16.2. The van der Waals surface area contributed by atoms with Gasteiger partial charge in [0.1, 0.15) is 0 Å². The molecule has 1 aromatic carbocycles. The van der Waals surface area contributed by atoms with Crippen LogP contribution in [0.1, 0.15) is 32.3 Å². The van der Waals surface area contributed by atoms with Crippen LogP contribution in [0.5, 0.6) is 0 Å². The molecule has 166 valence electrons. The van der Waals surface area contributed by atoms with Gasteiger partial charge in [0.25, 0.3) is 5.56 Å². The molecule has 0 radical (unpaired) electrons. The quantitative estimate of drug-likeness (QED) is 0.737. The second kappa shape index (κ2) is 9.64. The minimum atomic E-state index is -0.111. The summed E-state index contributed by atoms with van der Waals surface area (Å²) in [7, 11) is 0. The number of piperidine rings is 1. The van der Waals surface area contributed by atoms with Crippen molar-refractivity contribution < 1.29 is 4.79 Å². The number of amides is 1. The summed E-state index contributed by atoms with van der Waals surface area (Å²) in [5.41, 5.74) is 1.75. The Morgan fingerprint density at radius 1 is 1.10 bits per heavy atom. The van der Waals surface area contributed by atoms with Crippen LogP contribution in [0.4, 0.5) is 5.69 Å². The number of carbonyl (C=O) groups is 1. The van der Waals surface area contributed by atoms with Crippen LogP contribution < -0.4 is 10.5 Å². The van der Waals surface area contributed by atoms with Crippen molar-refractivity contribution in [3.63, 3.8) is 0 Å². The lowest BCUT2D eigenvalue weighted by atomic mass is 9.96. The Morgan fingerprint density at radius 2 is 1.84 bits per heavy atom. The summed E-state index contributed by atoms with van der Waals surface area (Å²) in [4.78, 5) is 32.4. The minimum Gasteiger partial charge on any atom is -0.369 e. The summed E-state index contributed by atoms with van der Waals surface area (Å²) in [6.45, 7) is 9.91. The molecule has 2 aromatic rings. The van der Waals surface area contributed by atoms with Gasteiger partial charge in [-0.25, -0.2) is 4.68 Å². The molecule has 1 amide bonds. The number of carbonyl (C=O) groups excluding carboxylic acids is 1. The van der Waals surface area contributed by atoms with Gasteiger partial charge in [-0.05, 0) is 32.3 Å². The van der Waals surface area contributed by atoms with Crippen LogP contribution in [-0.2, 0) is 11.3 Å². The molecule has 0 bridgehead atoms. The molecule has 2 aliphatic rings. The van der Waals surface area contributed by atoms with Crippen molar-refractivity contribution >= 4 is 11.6 Å². The van der Waals surface area contributed by atoms with E-state index < -0.39 is 0 Å². The van der Waals surface area contributed by atoms with Gasteiger partial charge in [-0.1, -0.05) is 30.3 Å². The van der Waals surface area contributed by atoms with E-state index in [1.165, 1.54) is 4.68 Å². The number of hydrogen-bond donors (Lipinski definition) is 0. The van der Waals surface area contributed by atoms with Gasteiger partial charge in [-0.3, -0.25) is 14.5 Å². The number of anilines is 1. The van der Waals surface area contributed by atoms with Gasteiger partial charge in [-0.15, -0.1) is 0 Å². The third kappa shape index (κ3) is 5.15. The van der Waals surface area contributed by atoms with E-state index in [-0.39, 0.29) is 17.4 Å². The van der Waals surface area contributed by atoms with Crippen LogP contribution >= 0.6 is 0 Å². The van der Waals surface area contributed by atoms with Crippen molar-refractivity contribution in [2.75, 3.05) is 44.2 Å². The summed E-state index contributed by atoms with van der Waals surface area (Å²) in [5, 5.41) is 4.39. The SMILES string of the molecule is CC(C)N1CCN(C(=O)[C@@H]2CCCN(c3cnn(Cc4ccccc4)c(=O)c3)C2)CC1. The molecule has 0 aliphatic carbocycles. The molecular weight excluding hydrogens is 390 g/mol. The highest BCUT2D eigenvalue weighted by Crippen LogP contribution is 2.24. The normalized spacial score (nSPS) is 20.3. The maximum Gasteiger partial charge on any atom is 0.269 e. The Hall–Kier alpha value is -2.67. The maximum atomic E-state index is 13.1. The van der Waals surface area contributed by atoms with Gasteiger partial charge in [0.15, 0.2) is 0 Å². The second-order valence-corrected chi connectivity index (χ2v) is 8.94. The molecule has 2 aliphatic heterocycles. The average Bonchev–Trinajstić information content (AvgIpc) is 2.81. The molecule has 7 heteroatoms. The molecule has 0 spiro atoms. The molecule has 31 heavy (non-hydrogen) atoms. The van der Waals surface area contributed by atoms with Crippen molar-refractivity contribution in [1.82, 2.24) is 19.6 Å². The van der Waals surface area contributed by atoms with Gasteiger partial charge in [0.05, 0.1) is 24.3 Å². The van der Waals surface area contributed by atoms with Gasteiger partial charge < -0.3 is 9.80 Å². The van der Waals surface area contributed by atoms with Crippen molar-refractivity contribution in [3.05, 3.63) is 58.5 Å². The first-order chi connectivity index (χ1) is 15.0. The Bertz CT molecular complexity index is 934. The first kappa shape index (κ1) is 21.6.